The maximum Gasteiger partial charge on any atom is 0.336 e. The fourth-order valence-electron chi connectivity index (χ4n) is 2.17. The van der Waals surface area contributed by atoms with Gasteiger partial charge in [0.25, 0.3) is 0 Å². The van der Waals surface area contributed by atoms with Crippen LogP contribution in [-0.4, -0.2) is 23.9 Å². The molecule has 0 spiro atoms. The maximum absolute atomic E-state index is 11.8. The van der Waals surface area contributed by atoms with Crippen molar-refractivity contribution < 1.29 is 9.15 Å². The van der Waals surface area contributed by atoms with E-state index in [0.717, 1.165) is 33.4 Å². The van der Waals surface area contributed by atoms with Crippen molar-refractivity contribution in [1.29, 1.82) is 0 Å². The molecular weight excluding hydrogens is 346 g/mol. The van der Waals surface area contributed by atoms with Crippen LogP contribution in [0, 0.1) is 0 Å². The molecule has 3 rings (SSSR count). The molecule has 1 aromatic carbocycles. The number of thioether (sulfide) groups is 1. The van der Waals surface area contributed by atoms with Gasteiger partial charge in [0.05, 0.1) is 7.11 Å². The largest absolute Gasteiger partial charge is 0.497 e. The fourth-order valence-corrected chi connectivity index (χ4v) is 3.94. The number of methoxy groups -OCH3 is 1. The van der Waals surface area contributed by atoms with Gasteiger partial charge < -0.3 is 14.5 Å². The van der Waals surface area contributed by atoms with E-state index in [-0.39, 0.29) is 5.63 Å². The Labute approximate surface area is 147 Å². The zero-order valence-electron chi connectivity index (χ0n) is 13.4. The first-order chi connectivity index (χ1) is 11.7. The molecule has 0 saturated carbocycles. The van der Waals surface area contributed by atoms with Gasteiger partial charge in [0.15, 0.2) is 4.34 Å². The minimum absolute atomic E-state index is 0.367. The van der Waals surface area contributed by atoms with Gasteiger partial charge in [0.2, 0.25) is 5.13 Å². The van der Waals surface area contributed by atoms with Crippen molar-refractivity contribution in [3.8, 4) is 5.75 Å². The Kier molecular flexibility index (Phi) is 5.37. The third-order valence-electron chi connectivity index (χ3n) is 3.32. The summed E-state index contributed by atoms with van der Waals surface area (Å²) in [6.07, 6.45) is 1.04. The Hall–Kier alpha value is -2.06. The molecule has 0 radical (unpaired) electrons. The molecule has 0 aliphatic rings. The Bertz CT molecular complexity index is 892. The van der Waals surface area contributed by atoms with E-state index < -0.39 is 0 Å². The van der Waals surface area contributed by atoms with Crippen LogP contribution in [0.2, 0.25) is 0 Å². The van der Waals surface area contributed by atoms with Crippen LogP contribution in [0.4, 0.5) is 5.13 Å². The Morgan fingerprint density at radius 1 is 1.33 bits per heavy atom. The SMILES string of the molecule is CCCNc1nnc(SCc2cc(=O)oc3cc(OC)ccc23)s1. The van der Waals surface area contributed by atoms with Gasteiger partial charge in [-0.1, -0.05) is 30.0 Å². The van der Waals surface area contributed by atoms with Crippen molar-refractivity contribution >= 4 is 39.2 Å². The van der Waals surface area contributed by atoms with Gasteiger partial charge in [-0.05, 0) is 24.1 Å². The molecule has 0 atom stereocenters. The van der Waals surface area contributed by atoms with Crippen molar-refractivity contribution in [1.82, 2.24) is 10.2 Å². The van der Waals surface area contributed by atoms with Gasteiger partial charge in [-0.2, -0.15) is 0 Å². The molecular formula is C16H17N3O3S2. The Balaban J connectivity index is 1.79. The molecule has 0 aliphatic carbocycles. The molecule has 0 unspecified atom stereocenters. The molecule has 0 saturated heterocycles. The quantitative estimate of drug-likeness (QED) is 0.506. The molecule has 0 bridgehead atoms. The van der Waals surface area contributed by atoms with Crippen LogP contribution in [0.1, 0.15) is 18.9 Å². The van der Waals surface area contributed by atoms with Crippen LogP contribution in [0.3, 0.4) is 0 Å². The molecule has 2 heterocycles. The number of aromatic nitrogens is 2. The summed E-state index contributed by atoms with van der Waals surface area (Å²) in [5.74, 6) is 1.28. The number of hydrogen-bond acceptors (Lipinski definition) is 8. The van der Waals surface area contributed by atoms with Crippen molar-refractivity contribution in [3.05, 3.63) is 40.2 Å². The number of hydrogen-bond donors (Lipinski definition) is 1. The first kappa shape index (κ1) is 16.8. The third-order valence-corrected chi connectivity index (χ3v) is 5.38. The third kappa shape index (κ3) is 3.88. The average molecular weight is 363 g/mol. The highest BCUT2D eigenvalue weighted by atomic mass is 32.2. The first-order valence-electron chi connectivity index (χ1n) is 7.50. The minimum Gasteiger partial charge on any atom is -0.497 e. The van der Waals surface area contributed by atoms with Gasteiger partial charge in [-0.3, -0.25) is 0 Å². The van der Waals surface area contributed by atoms with E-state index in [9.17, 15) is 4.79 Å². The van der Waals surface area contributed by atoms with E-state index in [4.69, 9.17) is 9.15 Å². The molecule has 3 aromatic rings. The highest BCUT2D eigenvalue weighted by Gasteiger charge is 2.10. The zero-order valence-corrected chi connectivity index (χ0v) is 15.0. The second kappa shape index (κ2) is 7.67. The van der Waals surface area contributed by atoms with Crippen molar-refractivity contribution in [2.75, 3.05) is 19.0 Å². The van der Waals surface area contributed by atoms with E-state index in [1.807, 2.05) is 12.1 Å². The molecule has 8 heteroatoms. The van der Waals surface area contributed by atoms with E-state index in [2.05, 4.69) is 22.4 Å². The summed E-state index contributed by atoms with van der Waals surface area (Å²) in [6.45, 7) is 2.98. The lowest BCUT2D eigenvalue weighted by atomic mass is 10.1. The molecule has 126 valence electrons. The van der Waals surface area contributed by atoms with Gasteiger partial charge >= 0.3 is 5.63 Å². The summed E-state index contributed by atoms with van der Waals surface area (Å²) in [5.41, 5.74) is 1.07. The van der Waals surface area contributed by atoms with Gasteiger partial charge in [0.1, 0.15) is 11.3 Å². The van der Waals surface area contributed by atoms with Gasteiger partial charge in [-0.25, -0.2) is 4.79 Å². The number of rotatable bonds is 7. The molecule has 0 aliphatic heterocycles. The lowest BCUT2D eigenvalue weighted by Crippen LogP contribution is -2.00. The molecule has 2 aromatic heterocycles. The summed E-state index contributed by atoms with van der Waals surface area (Å²) in [7, 11) is 1.58. The molecule has 0 amide bonds. The number of anilines is 1. The van der Waals surface area contributed by atoms with Crippen LogP contribution < -0.4 is 15.7 Å². The summed E-state index contributed by atoms with van der Waals surface area (Å²) >= 11 is 3.07. The molecule has 0 fully saturated rings. The summed E-state index contributed by atoms with van der Waals surface area (Å²) in [4.78, 5) is 11.8. The molecule has 1 N–H and O–H groups in total. The Morgan fingerprint density at radius 2 is 2.21 bits per heavy atom. The van der Waals surface area contributed by atoms with Crippen molar-refractivity contribution in [3.63, 3.8) is 0 Å². The Morgan fingerprint density at radius 3 is 3.00 bits per heavy atom. The zero-order chi connectivity index (χ0) is 16.9. The van der Waals surface area contributed by atoms with Crippen molar-refractivity contribution in [2.24, 2.45) is 0 Å². The predicted octanol–water partition coefficient (Wildman–Crippen LogP) is 3.77. The molecule has 6 nitrogen and oxygen atoms in total. The second-order valence-corrected chi connectivity index (χ2v) is 7.24. The lowest BCUT2D eigenvalue weighted by Gasteiger charge is -2.05. The lowest BCUT2D eigenvalue weighted by molar-refractivity contribution is 0.414. The van der Waals surface area contributed by atoms with Gasteiger partial charge in [0, 0.05) is 29.8 Å². The highest BCUT2D eigenvalue weighted by Crippen LogP contribution is 2.31. The number of benzene rings is 1. The second-order valence-electron chi connectivity index (χ2n) is 5.04. The summed E-state index contributed by atoms with van der Waals surface area (Å²) in [5, 5.41) is 13.2. The fraction of sp³-hybridized carbons (Fsp3) is 0.312. The number of ether oxygens (including phenoxy) is 1. The van der Waals surface area contributed by atoms with Crippen LogP contribution in [0.25, 0.3) is 11.0 Å². The van der Waals surface area contributed by atoms with Crippen LogP contribution >= 0.6 is 23.1 Å². The van der Waals surface area contributed by atoms with E-state index in [1.54, 1.807) is 24.9 Å². The average Bonchev–Trinajstić information content (AvgIpc) is 3.04. The predicted molar refractivity (Wildman–Crippen MR) is 97.3 cm³/mol. The topological polar surface area (TPSA) is 77.3 Å². The van der Waals surface area contributed by atoms with Gasteiger partial charge in [-0.15, -0.1) is 10.2 Å². The smallest absolute Gasteiger partial charge is 0.336 e. The van der Waals surface area contributed by atoms with E-state index >= 15 is 0 Å². The van der Waals surface area contributed by atoms with E-state index in [0.29, 0.717) is 17.1 Å². The van der Waals surface area contributed by atoms with Crippen molar-refractivity contribution in [2.45, 2.75) is 23.4 Å². The minimum atomic E-state index is -0.367. The maximum atomic E-state index is 11.8. The van der Waals surface area contributed by atoms with Crippen LogP contribution in [0.15, 0.2) is 37.8 Å². The monoisotopic (exact) mass is 363 g/mol. The number of nitrogens with zero attached hydrogens (tertiary/aromatic N) is 2. The number of nitrogens with one attached hydrogen (secondary N) is 1. The highest BCUT2D eigenvalue weighted by molar-refractivity contribution is 8.00. The van der Waals surface area contributed by atoms with Crippen LogP contribution in [-0.2, 0) is 5.75 Å². The van der Waals surface area contributed by atoms with Crippen LogP contribution in [0.5, 0.6) is 5.75 Å². The summed E-state index contributed by atoms with van der Waals surface area (Å²) < 4.78 is 11.3. The standard InChI is InChI=1S/C16H17N3O3S2/c1-3-6-17-15-18-19-16(24-15)23-9-10-7-14(20)22-13-8-11(21-2)4-5-12(10)13/h4-5,7-8H,3,6,9H2,1-2H3,(H,17,18). The first-order valence-corrected chi connectivity index (χ1v) is 9.30. The number of fused-ring (bicyclic) bond motifs is 1. The van der Waals surface area contributed by atoms with E-state index in [1.165, 1.54) is 17.4 Å². The summed E-state index contributed by atoms with van der Waals surface area (Å²) in [6, 6.07) is 7.01. The molecule has 24 heavy (non-hydrogen) atoms. The normalized spacial score (nSPS) is 10.9.